The first kappa shape index (κ1) is 16.0. The van der Waals surface area contributed by atoms with Gasteiger partial charge in [0, 0.05) is 10.0 Å². The standard InChI is InChI=1S/C17H19Cl2NO/c1-3-15(12-5-7-13(18)8-6-12)20-16-11-14(19)9-10-17(16)21-4-2/h5-11,15,20H,3-4H2,1-2H3. The zero-order chi connectivity index (χ0) is 15.2. The molecule has 0 aliphatic heterocycles. The monoisotopic (exact) mass is 323 g/mol. The van der Waals surface area contributed by atoms with Crippen LogP contribution in [-0.2, 0) is 0 Å². The van der Waals surface area contributed by atoms with Crippen molar-refractivity contribution in [2.45, 2.75) is 26.3 Å². The highest BCUT2D eigenvalue weighted by Gasteiger charge is 2.12. The Balaban J connectivity index is 2.25. The third kappa shape index (κ3) is 4.29. The fraction of sp³-hybridized carbons (Fsp3) is 0.294. The lowest BCUT2D eigenvalue weighted by Gasteiger charge is -2.21. The maximum atomic E-state index is 6.10. The van der Waals surface area contributed by atoms with E-state index in [0.717, 1.165) is 22.9 Å². The van der Waals surface area contributed by atoms with Gasteiger partial charge in [0.15, 0.2) is 0 Å². The van der Waals surface area contributed by atoms with E-state index in [-0.39, 0.29) is 6.04 Å². The van der Waals surface area contributed by atoms with Gasteiger partial charge in [-0.15, -0.1) is 0 Å². The van der Waals surface area contributed by atoms with Gasteiger partial charge in [-0.05, 0) is 49.2 Å². The molecule has 0 saturated carbocycles. The number of halogens is 2. The first-order valence-electron chi connectivity index (χ1n) is 7.08. The number of ether oxygens (including phenoxy) is 1. The van der Waals surface area contributed by atoms with Crippen molar-refractivity contribution in [2.75, 3.05) is 11.9 Å². The first-order chi connectivity index (χ1) is 10.1. The number of hydrogen-bond acceptors (Lipinski definition) is 2. The molecule has 0 bridgehead atoms. The molecule has 0 aliphatic rings. The van der Waals surface area contributed by atoms with Crippen LogP contribution in [0.25, 0.3) is 0 Å². The molecule has 0 radical (unpaired) electrons. The molecule has 1 atom stereocenters. The maximum absolute atomic E-state index is 6.10. The molecule has 21 heavy (non-hydrogen) atoms. The van der Waals surface area contributed by atoms with Gasteiger partial charge in [-0.2, -0.15) is 0 Å². The Bertz CT molecular complexity index is 584. The van der Waals surface area contributed by atoms with Crippen LogP contribution in [0.3, 0.4) is 0 Å². The molecular formula is C17H19Cl2NO. The Morgan fingerprint density at radius 1 is 1.00 bits per heavy atom. The summed E-state index contributed by atoms with van der Waals surface area (Å²) < 4.78 is 5.65. The lowest BCUT2D eigenvalue weighted by Crippen LogP contribution is -2.10. The normalized spacial score (nSPS) is 12.0. The van der Waals surface area contributed by atoms with Crippen molar-refractivity contribution in [1.82, 2.24) is 0 Å². The van der Waals surface area contributed by atoms with Gasteiger partial charge in [-0.1, -0.05) is 42.3 Å². The van der Waals surface area contributed by atoms with Gasteiger partial charge in [0.05, 0.1) is 18.3 Å². The smallest absolute Gasteiger partial charge is 0.142 e. The zero-order valence-electron chi connectivity index (χ0n) is 12.2. The minimum Gasteiger partial charge on any atom is -0.492 e. The Hall–Kier alpha value is -1.38. The molecule has 4 heteroatoms. The summed E-state index contributed by atoms with van der Waals surface area (Å²) >= 11 is 12.0. The molecule has 2 aromatic carbocycles. The van der Waals surface area contributed by atoms with E-state index in [1.165, 1.54) is 5.56 Å². The lowest BCUT2D eigenvalue weighted by atomic mass is 10.0. The van der Waals surface area contributed by atoms with Gasteiger partial charge in [0.1, 0.15) is 5.75 Å². The number of hydrogen-bond donors (Lipinski definition) is 1. The summed E-state index contributed by atoms with van der Waals surface area (Å²) in [5.41, 5.74) is 2.09. The molecule has 1 unspecified atom stereocenters. The molecule has 2 rings (SSSR count). The topological polar surface area (TPSA) is 21.3 Å². The van der Waals surface area contributed by atoms with Gasteiger partial charge in [-0.25, -0.2) is 0 Å². The summed E-state index contributed by atoms with van der Waals surface area (Å²) in [7, 11) is 0. The zero-order valence-corrected chi connectivity index (χ0v) is 13.7. The van der Waals surface area contributed by atoms with E-state index in [9.17, 15) is 0 Å². The molecule has 0 saturated heterocycles. The largest absolute Gasteiger partial charge is 0.492 e. The van der Waals surface area contributed by atoms with E-state index < -0.39 is 0 Å². The van der Waals surface area contributed by atoms with Crippen molar-refractivity contribution in [3.8, 4) is 5.75 Å². The van der Waals surface area contributed by atoms with Crippen LogP contribution in [0.15, 0.2) is 42.5 Å². The van der Waals surface area contributed by atoms with Crippen molar-refractivity contribution in [2.24, 2.45) is 0 Å². The highest BCUT2D eigenvalue weighted by molar-refractivity contribution is 6.31. The van der Waals surface area contributed by atoms with E-state index in [4.69, 9.17) is 27.9 Å². The van der Waals surface area contributed by atoms with Gasteiger partial charge in [0.25, 0.3) is 0 Å². The van der Waals surface area contributed by atoms with Crippen LogP contribution < -0.4 is 10.1 Å². The molecule has 0 amide bonds. The molecule has 2 aromatic rings. The van der Waals surface area contributed by atoms with E-state index >= 15 is 0 Å². The third-order valence-electron chi connectivity index (χ3n) is 3.25. The van der Waals surface area contributed by atoms with Crippen LogP contribution in [0.4, 0.5) is 5.69 Å². The van der Waals surface area contributed by atoms with E-state index in [2.05, 4.69) is 12.2 Å². The maximum Gasteiger partial charge on any atom is 0.142 e. The summed E-state index contributed by atoms with van der Waals surface area (Å²) in [6.07, 6.45) is 0.944. The minimum atomic E-state index is 0.180. The number of nitrogens with one attached hydrogen (secondary N) is 1. The SMILES string of the molecule is CCOc1ccc(Cl)cc1NC(CC)c1ccc(Cl)cc1. The van der Waals surface area contributed by atoms with E-state index in [1.807, 2.05) is 49.4 Å². The second kappa shape index (κ2) is 7.58. The first-order valence-corrected chi connectivity index (χ1v) is 7.84. The van der Waals surface area contributed by atoms with Gasteiger partial charge >= 0.3 is 0 Å². The van der Waals surface area contributed by atoms with Gasteiger partial charge in [-0.3, -0.25) is 0 Å². The molecule has 0 aliphatic carbocycles. The van der Waals surface area contributed by atoms with Crippen LogP contribution in [-0.4, -0.2) is 6.61 Å². The molecular weight excluding hydrogens is 305 g/mol. The second-order valence-corrected chi connectivity index (χ2v) is 5.60. The molecule has 2 nitrogen and oxygen atoms in total. The third-order valence-corrected chi connectivity index (χ3v) is 3.74. The number of benzene rings is 2. The number of anilines is 1. The van der Waals surface area contributed by atoms with Gasteiger partial charge < -0.3 is 10.1 Å². The summed E-state index contributed by atoms with van der Waals surface area (Å²) in [4.78, 5) is 0. The molecule has 0 spiro atoms. The fourth-order valence-electron chi connectivity index (χ4n) is 2.20. The Kier molecular flexibility index (Phi) is 5.77. The van der Waals surface area contributed by atoms with E-state index in [1.54, 1.807) is 0 Å². The minimum absolute atomic E-state index is 0.180. The van der Waals surface area contributed by atoms with Crippen molar-refractivity contribution in [1.29, 1.82) is 0 Å². The van der Waals surface area contributed by atoms with Crippen molar-refractivity contribution in [3.63, 3.8) is 0 Å². The fourth-order valence-corrected chi connectivity index (χ4v) is 2.50. The van der Waals surface area contributed by atoms with Crippen LogP contribution in [0.1, 0.15) is 31.9 Å². The van der Waals surface area contributed by atoms with Crippen molar-refractivity contribution >= 4 is 28.9 Å². The Labute approximate surface area is 136 Å². The highest BCUT2D eigenvalue weighted by Crippen LogP contribution is 2.32. The summed E-state index contributed by atoms with van der Waals surface area (Å²) in [5, 5.41) is 4.94. The second-order valence-electron chi connectivity index (χ2n) is 4.73. The Morgan fingerprint density at radius 3 is 2.29 bits per heavy atom. The van der Waals surface area contributed by atoms with Crippen LogP contribution >= 0.6 is 23.2 Å². The van der Waals surface area contributed by atoms with Crippen LogP contribution in [0.2, 0.25) is 10.0 Å². The average Bonchev–Trinajstić information content (AvgIpc) is 2.48. The van der Waals surface area contributed by atoms with Crippen molar-refractivity contribution in [3.05, 3.63) is 58.1 Å². The quantitative estimate of drug-likeness (QED) is 0.708. The van der Waals surface area contributed by atoms with Crippen LogP contribution in [0, 0.1) is 0 Å². The predicted octanol–water partition coefficient (Wildman–Crippen LogP) is 5.96. The molecule has 0 heterocycles. The number of rotatable bonds is 6. The predicted molar refractivity (Wildman–Crippen MR) is 90.7 cm³/mol. The molecule has 0 aromatic heterocycles. The average molecular weight is 324 g/mol. The summed E-state index contributed by atoms with van der Waals surface area (Å²) in [5.74, 6) is 0.814. The molecule has 112 valence electrons. The van der Waals surface area contributed by atoms with Crippen molar-refractivity contribution < 1.29 is 4.74 Å². The highest BCUT2D eigenvalue weighted by atomic mass is 35.5. The Morgan fingerprint density at radius 2 is 1.67 bits per heavy atom. The van der Waals surface area contributed by atoms with E-state index in [0.29, 0.717) is 11.6 Å². The summed E-state index contributed by atoms with van der Waals surface area (Å²) in [6, 6.07) is 13.7. The lowest BCUT2D eigenvalue weighted by molar-refractivity contribution is 0.341. The summed E-state index contributed by atoms with van der Waals surface area (Å²) in [6.45, 7) is 4.72. The van der Waals surface area contributed by atoms with Gasteiger partial charge in [0.2, 0.25) is 0 Å². The van der Waals surface area contributed by atoms with Crippen LogP contribution in [0.5, 0.6) is 5.75 Å². The molecule has 1 N–H and O–H groups in total. The molecule has 0 fully saturated rings.